The number of carbonyl (C=O) groups excluding carboxylic acids is 3. The molecule has 13 nitrogen and oxygen atoms in total. The highest BCUT2D eigenvalue weighted by atomic mass is 32.2. The van der Waals surface area contributed by atoms with Crippen molar-refractivity contribution in [3.8, 4) is 0 Å². The lowest BCUT2D eigenvalue weighted by atomic mass is 10.1. The van der Waals surface area contributed by atoms with Gasteiger partial charge in [-0.25, -0.2) is 13.1 Å². The molecule has 0 radical (unpaired) electrons. The van der Waals surface area contributed by atoms with Crippen molar-refractivity contribution in [3.05, 3.63) is 11.9 Å². The Morgan fingerprint density at radius 3 is 2.30 bits per heavy atom. The van der Waals surface area contributed by atoms with E-state index in [9.17, 15) is 22.8 Å². The first-order valence-corrected chi connectivity index (χ1v) is 12.3. The molecule has 33 heavy (non-hydrogen) atoms. The van der Waals surface area contributed by atoms with Crippen LogP contribution >= 0.6 is 0 Å². The number of aromatic nitrogens is 3. The lowest BCUT2D eigenvalue weighted by Gasteiger charge is -2.23. The van der Waals surface area contributed by atoms with Gasteiger partial charge in [0.05, 0.1) is 24.7 Å². The molecule has 186 valence electrons. The Bertz CT molecular complexity index is 949. The van der Waals surface area contributed by atoms with Crippen LogP contribution in [0.3, 0.4) is 0 Å². The quantitative estimate of drug-likeness (QED) is 0.307. The van der Waals surface area contributed by atoms with Crippen molar-refractivity contribution in [2.24, 2.45) is 0 Å². The van der Waals surface area contributed by atoms with Crippen LogP contribution in [0.1, 0.15) is 52.5 Å². The Morgan fingerprint density at radius 2 is 1.76 bits per heavy atom. The van der Waals surface area contributed by atoms with E-state index in [0.717, 1.165) is 12.7 Å². The van der Waals surface area contributed by atoms with Crippen LogP contribution < -0.4 is 0 Å². The van der Waals surface area contributed by atoms with Crippen molar-refractivity contribution in [2.75, 3.05) is 19.4 Å². The molecule has 14 heteroatoms. The van der Waals surface area contributed by atoms with Gasteiger partial charge in [-0.1, -0.05) is 18.6 Å². The molecule has 1 fully saturated rings. The van der Waals surface area contributed by atoms with Crippen molar-refractivity contribution in [1.29, 1.82) is 0 Å². The van der Waals surface area contributed by atoms with Gasteiger partial charge >= 0.3 is 17.9 Å². The van der Waals surface area contributed by atoms with Crippen LogP contribution in [0.4, 0.5) is 0 Å². The van der Waals surface area contributed by atoms with Gasteiger partial charge in [-0.05, 0) is 6.42 Å². The van der Waals surface area contributed by atoms with Crippen LogP contribution in [0.15, 0.2) is 6.20 Å². The minimum atomic E-state index is -3.47. The van der Waals surface area contributed by atoms with Gasteiger partial charge in [-0.2, -0.15) is 4.31 Å². The summed E-state index contributed by atoms with van der Waals surface area (Å²) in [4.78, 5) is 34.6. The molecule has 0 aliphatic carbocycles. The van der Waals surface area contributed by atoms with Crippen LogP contribution in [0.25, 0.3) is 0 Å². The fourth-order valence-corrected chi connectivity index (χ4v) is 4.12. The molecule has 4 atom stereocenters. The van der Waals surface area contributed by atoms with Crippen molar-refractivity contribution < 1.29 is 41.7 Å². The summed E-state index contributed by atoms with van der Waals surface area (Å²) in [5.41, 5.74) is 0.342. The molecule has 2 rings (SSSR count). The van der Waals surface area contributed by atoms with Gasteiger partial charge in [0.2, 0.25) is 10.0 Å². The van der Waals surface area contributed by atoms with Crippen molar-refractivity contribution >= 4 is 27.9 Å². The Hall–Kier alpha value is -2.58. The van der Waals surface area contributed by atoms with Gasteiger partial charge in [0.15, 0.2) is 18.4 Å². The van der Waals surface area contributed by atoms with Crippen LogP contribution in [0, 0.1) is 0 Å². The largest absolute Gasteiger partial charge is 0.463 e. The van der Waals surface area contributed by atoms with Crippen molar-refractivity contribution in [2.45, 2.75) is 71.6 Å². The summed E-state index contributed by atoms with van der Waals surface area (Å²) in [7, 11) is -3.47. The predicted octanol–water partition coefficient (Wildman–Crippen LogP) is 0.164. The Labute approximate surface area is 192 Å². The number of rotatable bonds is 11. The zero-order valence-electron chi connectivity index (χ0n) is 19.3. The zero-order valence-corrected chi connectivity index (χ0v) is 20.1. The molecule has 0 bridgehead atoms. The van der Waals surface area contributed by atoms with E-state index < -0.39 is 52.5 Å². The van der Waals surface area contributed by atoms with Gasteiger partial charge in [-0.3, -0.25) is 14.4 Å². The molecule has 0 amide bonds. The number of unbranched alkanes of at least 4 members (excludes halogenated alkanes) is 1. The molecule has 0 N–H and O–H groups in total. The fraction of sp³-hybridized carbons (Fsp3) is 0.737. The lowest BCUT2D eigenvalue weighted by Crippen LogP contribution is -2.40. The summed E-state index contributed by atoms with van der Waals surface area (Å²) in [5, 5.41) is 8.01. The van der Waals surface area contributed by atoms with E-state index in [1.54, 1.807) is 0 Å². The Kier molecular flexibility index (Phi) is 9.31. The standard InChI is InChI=1S/C19H30N4O9S/c1-6-7-8-22(33(5,27)28)9-15-10-23(21-20-15)19-18(31-14(4)26)17(30-13(3)25)16(32-19)11-29-12(2)24/h10,16-19H,6-9,11H2,1-5H3/t16-,17-,18-,19-/m1/s1. The monoisotopic (exact) mass is 490 g/mol. The topological polar surface area (TPSA) is 156 Å². The summed E-state index contributed by atoms with van der Waals surface area (Å²) in [6, 6.07) is 0. The Morgan fingerprint density at radius 1 is 1.12 bits per heavy atom. The van der Waals surface area contributed by atoms with E-state index in [-0.39, 0.29) is 13.2 Å². The van der Waals surface area contributed by atoms with E-state index in [1.165, 1.54) is 36.0 Å². The molecule has 2 heterocycles. The average Bonchev–Trinajstić information content (AvgIpc) is 3.27. The Balaban J connectivity index is 2.30. The second-order valence-electron chi connectivity index (χ2n) is 7.66. The molecular weight excluding hydrogens is 460 g/mol. The van der Waals surface area contributed by atoms with Gasteiger partial charge in [0.25, 0.3) is 0 Å². The number of hydrogen-bond acceptors (Lipinski definition) is 11. The number of sulfonamides is 1. The predicted molar refractivity (Wildman–Crippen MR) is 112 cm³/mol. The number of hydrogen-bond donors (Lipinski definition) is 0. The van der Waals surface area contributed by atoms with E-state index in [4.69, 9.17) is 18.9 Å². The molecule has 1 aromatic heterocycles. The molecule has 0 aromatic carbocycles. The average molecular weight is 491 g/mol. The summed E-state index contributed by atoms with van der Waals surface area (Å²) in [6.07, 6.45) is -0.0757. The minimum Gasteiger partial charge on any atom is -0.463 e. The third-order valence-electron chi connectivity index (χ3n) is 4.73. The van der Waals surface area contributed by atoms with Crippen LogP contribution in [-0.4, -0.2) is 83.3 Å². The zero-order chi connectivity index (χ0) is 24.8. The molecular formula is C19H30N4O9S. The summed E-state index contributed by atoms with van der Waals surface area (Å²) >= 11 is 0. The smallest absolute Gasteiger partial charge is 0.303 e. The summed E-state index contributed by atoms with van der Waals surface area (Å²) in [5.74, 6) is -1.86. The number of carbonyl (C=O) groups is 3. The number of ether oxygens (including phenoxy) is 4. The van der Waals surface area contributed by atoms with Gasteiger partial charge in [0.1, 0.15) is 12.7 Å². The van der Waals surface area contributed by atoms with Gasteiger partial charge in [0, 0.05) is 27.3 Å². The number of nitrogens with zero attached hydrogens (tertiary/aromatic N) is 4. The maximum atomic E-state index is 12.1. The summed E-state index contributed by atoms with van der Waals surface area (Å²) < 4.78 is 48.2. The molecule has 0 spiro atoms. The third kappa shape index (κ3) is 7.75. The first kappa shape index (κ1) is 26.7. The summed E-state index contributed by atoms with van der Waals surface area (Å²) in [6.45, 7) is 5.62. The highest BCUT2D eigenvalue weighted by Gasteiger charge is 2.51. The highest BCUT2D eigenvalue weighted by molar-refractivity contribution is 7.88. The molecule has 0 saturated carbocycles. The first-order chi connectivity index (χ1) is 15.4. The van der Waals surface area contributed by atoms with Crippen LogP contribution in [0.5, 0.6) is 0 Å². The van der Waals surface area contributed by atoms with Gasteiger partial charge < -0.3 is 18.9 Å². The molecule has 1 aliphatic heterocycles. The van der Waals surface area contributed by atoms with E-state index in [2.05, 4.69) is 10.3 Å². The van der Waals surface area contributed by atoms with Gasteiger partial charge in [-0.15, -0.1) is 5.10 Å². The van der Waals surface area contributed by atoms with Crippen molar-refractivity contribution in [1.82, 2.24) is 19.3 Å². The number of esters is 3. The van der Waals surface area contributed by atoms with Crippen LogP contribution in [0.2, 0.25) is 0 Å². The second-order valence-corrected chi connectivity index (χ2v) is 9.64. The third-order valence-corrected chi connectivity index (χ3v) is 5.98. The molecule has 1 aliphatic rings. The van der Waals surface area contributed by atoms with E-state index in [0.29, 0.717) is 18.7 Å². The highest BCUT2D eigenvalue weighted by Crippen LogP contribution is 2.34. The normalized spacial score (nSPS) is 22.8. The van der Waals surface area contributed by atoms with Crippen molar-refractivity contribution in [3.63, 3.8) is 0 Å². The SMILES string of the molecule is CCCCN(Cc1cn([C@@H]2O[C@H](COC(C)=O)[C@@H](OC(C)=O)[C@H]2OC(C)=O)nn1)S(C)(=O)=O. The van der Waals surface area contributed by atoms with Crippen LogP contribution in [-0.2, 0) is 49.9 Å². The van der Waals surface area contributed by atoms with E-state index >= 15 is 0 Å². The fourth-order valence-electron chi connectivity index (χ4n) is 3.29. The molecule has 1 aromatic rings. The maximum Gasteiger partial charge on any atom is 0.303 e. The minimum absolute atomic E-state index is 0.00592. The first-order valence-electron chi connectivity index (χ1n) is 10.4. The molecule has 0 unspecified atom stereocenters. The van der Waals surface area contributed by atoms with E-state index in [1.807, 2.05) is 6.92 Å². The lowest BCUT2D eigenvalue weighted by molar-refractivity contribution is -0.166. The molecule has 1 saturated heterocycles. The maximum absolute atomic E-state index is 12.1. The second kappa shape index (κ2) is 11.5.